The van der Waals surface area contributed by atoms with Crippen molar-refractivity contribution in [2.75, 3.05) is 0 Å². The maximum absolute atomic E-state index is 14.3. The van der Waals surface area contributed by atoms with Gasteiger partial charge in [0, 0.05) is 24.7 Å². The van der Waals surface area contributed by atoms with Crippen molar-refractivity contribution in [2.24, 2.45) is 0 Å². The molecule has 0 amide bonds. The second-order valence-corrected chi connectivity index (χ2v) is 6.46. The van der Waals surface area contributed by atoms with Gasteiger partial charge in [0.1, 0.15) is 5.73 Å². The van der Waals surface area contributed by atoms with Crippen molar-refractivity contribution in [3.05, 3.63) is 23.7 Å². The molecule has 0 bridgehead atoms. The molecule has 1 saturated heterocycles. The number of terminal acetylenes is 1. The summed E-state index contributed by atoms with van der Waals surface area (Å²) in [4.78, 5) is 0. The summed E-state index contributed by atoms with van der Waals surface area (Å²) in [5, 5.41) is 4.18. The molecule has 6 heteroatoms. The van der Waals surface area contributed by atoms with E-state index in [-0.39, 0.29) is 0 Å². The van der Waals surface area contributed by atoms with Gasteiger partial charge < -0.3 is 9.31 Å². The molecular formula is C16H22BFN2O2. The molecule has 1 aromatic rings. The summed E-state index contributed by atoms with van der Waals surface area (Å²) in [7, 11) is -0.977. The molecule has 4 nitrogen and oxygen atoms in total. The Balaban J connectivity index is 2.03. The van der Waals surface area contributed by atoms with E-state index < -0.39 is 24.0 Å². The van der Waals surface area contributed by atoms with Gasteiger partial charge in [0.15, 0.2) is 0 Å². The van der Waals surface area contributed by atoms with Gasteiger partial charge in [-0.1, -0.05) is 0 Å². The quantitative estimate of drug-likeness (QED) is 0.476. The van der Waals surface area contributed by atoms with Crippen LogP contribution in [0, 0.1) is 12.3 Å². The van der Waals surface area contributed by atoms with Crippen LogP contribution in [0.15, 0.2) is 18.1 Å². The lowest BCUT2D eigenvalue weighted by atomic mass is 9.87. The molecule has 118 valence electrons. The van der Waals surface area contributed by atoms with Crippen LogP contribution >= 0.6 is 0 Å². The van der Waals surface area contributed by atoms with Crippen LogP contribution in [0.5, 0.6) is 0 Å². The molecule has 0 atom stereocenters. The lowest BCUT2D eigenvalue weighted by molar-refractivity contribution is 0.00578. The maximum Gasteiger partial charge on any atom is 0.525 e. The van der Waals surface area contributed by atoms with Crippen molar-refractivity contribution >= 4 is 13.2 Å². The Hall–Kier alpha value is -1.58. The van der Waals surface area contributed by atoms with E-state index >= 15 is 0 Å². The number of hydrogen-bond donors (Lipinski definition) is 0. The van der Waals surface area contributed by atoms with Crippen LogP contribution in [-0.2, 0) is 15.9 Å². The van der Waals surface area contributed by atoms with Crippen molar-refractivity contribution in [3.63, 3.8) is 0 Å². The topological polar surface area (TPSA) is 36.3 Å². The van der Waals surface area contributed by atoms with Gasteiger partial charge in [-0.05, 0) is 40.2 Å². The molecule has 0 saturated carbocycles. The normalized spacial score (nSPS) is 20.2. The highest BCUT2D eigenvalue weighted by atomic mass is 19.1. The summed E-state index contributed by atoms with van der Waals surface area (Å²) in [5.41, 5.74) is -0.889. The Morgan fingerprint density at radius 3 is 2.64 bits per heavy atom. The Bertz CT molecular complexity index is 586. The monoisotopic (exact) mass is 304 g/mol. The average Bonchev–Trinajstić information content (AvgIpc) is 2.93. The molecule has 1 aliphatic heterocycles. The van der Waals surface area contributed by atoms with Crippen molar-refractivity contribution in [1.82, 2.24) is 9.78 Å². The van der Waals surface area contributed by atoms with E-state index in [4.69, 9.17) is 15.7 Å². The van der Waals surface area contributed by atoms with E-state index in [0.717, 1.165) is 13.0 Å². The molecule has 1 aliphatic rings. The van der Waals surface area contributed by atoms with E-state index in [1.54, 1.807) is 17.1 Å². The second kappa shape index (κ2) is 6.27. The number of halogens is 1. The van der Waals surface area contributed by atoms with Crippen molar-refractivity contribution in [2.45, 2.75) is 58.3 Å². The molecule has 2 rings (SSSR count). The van der Waals surface area contributed by atoms with E-state index in [1.807, 2.05) is 27.7 Å². The van der Waals surface area contributed by atoms with E-state index in [0.29, 0.717) is 12.0 Å². The lowest BCUT2D eigenvalue weighted by Gasteiger charge is -2.32. The molecule has 0 N–H and O–H groups in total. The van der Waals surface area contributed by atoms with Gasteiger partial charge in [-0.3, -0.25) is 4.68 Å². The van der Waals surface area contributed by atoms with Crippen LogP contribution in [-0.4, -0.2) is 28.1 Å². The largest absolute Gasteiger partial charge is 0.525 e. The Kier molecular flexibility index (Phi) is 4.79. The minimum Gasteiger partial charge on any atom is -0.398 e. The van der Waals surface area contributed by atoms with Gasteiger partial charge in [0.25, 0.3) is 0 Å². The van der Waals surface area contributed by atoms with Crippen LogP contribution in [0.4, 0.5) is 4.39 Å². The molecule has 2 heterocycles. The maximum atomic E-state index is 14.3. The third-order valence-electron chi connectivity index (χ3n) is 4.14. The predicted molar refractivity (Wildman–Crippen MR) is 85.5 cm³/mol. The van der Waals surface area contributed by atoms with Crippen LogP contribution < -0.4 is 0 Å². The third-order valence-corrected chi connectivity index (χ3v) is 4.14. The van der Waals surface area contributed by atoms with E-state index in [9.17, 15) is 4.39 Å². The van der Waals surface area contributed by atoms with Crippen molar-refractivity contribution in [1.29, 1.82) is 0 Å². The standard InChI is InChI=1S/C16H22BFN2O2/c1-6-7-8-9-20-12-13(11-19-20)10-14(18)17-21-15(2,3)16(4,5)22-17/h1,10-12H,7-9H2,2-5H3. The summed E-state index contributed by atoms with van der Waals surface area (Å²) in [6.45, 7) is 8.29. The average molecular weight is 304 g/mol. The molecule has 0 aliphatic carbocycles. The number of aromatic nitrogens is 2. The first kappa shape index (κ1) is 16.8. The fourth-order valence-corrected chi connectivity index (χ4v) is 2.10. The summed E-state index contributed by atoms with van der Waals surface area (Å²) in [5.74, 6) is 2.58. The summed E-state index contributed by atoms with van der Waals surface area (Å²) < 4.78 is 27.4. The molecule has 0 aromatic carbocycles. The van der Waals surface area contributed by atoms with Crippen molar-refractivity contribution < 1.29 is 13.7 Å². The van der Waals surface area contributed by atoms with Gasteiger partial charge in [0.2, 0.25) is 0 Å². The molecule has 0 spiro atoms. The smallest absolute Gasteiger partial charge is 0.398 e. The second-order valence-electron chi connectivity index (χ2n) is 6.46. The molecule has 22 heavy (non-hydrogen) atoms. The Morgan fingerprint density at radius 1 is 1.41 bits per heavy atom. The van der Waals surface area contributed by atoms with Gasteiger partial charge in [-0.15, -0.1) is 12.3 Å². The number of hydrogen-bond acceptors (Lipinski definition) is 3. The minimum absolute atomic E-state index is 0.457. The minimum atomic E-state index is -0.977. The highest BCUT2D eigenvalue weighted by Crippen LogP contribution is 2.39. The molecular weight excluding hydrogens is 282 g/mol. The molecule has 1 aromatic heterocycles. The number of aryl methyl sites for hydroxylation is 1. The van der Waals surface area contributed by atoms with Gasteiger partial charge in [-0.2, -0.15) is 5.10 Å². The first-order valence-electron chi connectivity index (χ1n) is 7.44. The third kappa shape index (κ3) is 3.60. The number of rotatable bonds is 5. The summed E-state index contributed by atoms with van der Waals surface area (Å²) in [6.07, 6.45) is 11.5. The van der Waals surface area contributed by atoms with Crippen LogP contribution in [0.1, 0.15) is 46.1 Å². The lowest BCUT2D eigenvalue weighted by Crippen LogP contribution is -2.41. The van der Waals surface area contributed by atoms with Gasteiger partial charge in [-0.25, -0.2) is 4.39 Å². The fourth-order valence-electron chi connectivity index (χ4n) is 2.10. The molecule has 1 fully saturated rings. The zero-order valence-corrected chi connectivity index (χ0v) is 13.6. The van der Waals surface area contributed by atoms with Crippen LogP contribution in [0.3, 0.4) is 0 Å². The van der Waals surface area contributed by atoms with Crippen LogP contribution in [0.2, 0.25) is 0 Å². The zero-order valence-electron chi connectivity index (χ0n) is 13.6. The molecule has 0 radical (unpaired) electrons. The first-order valence-corrected chi connectivity index (χ1v) is 7.44. The highest BCUT2D eigenvalue weighted by molar-refractivity contribution is 6.54. The van der Waals surface area contributed by atoms with Gasteiger partial charge >= 0.3 is 7.12 Å². The van der Waals surface area contributed by atoms with Crippen molar-refractivity contribution in [3.8, 4) is 12.3 Å². The zero-order chi connectivity index (χ0) is 16.4. The Labute approximate surface area is 131 Å². The summed E-state index contributed by atoms with van der Waals surface area (Å²) in [6, 6.07) is 0. The predicted octanol–water partition coefficient (Wildman–Crippen LogP) is 3.24. The highest BCUT2D eigenvalue weighted by Gasteiger charge is 2.53. The fraction of sp³-hybridized carbons (Fsp3) is 0.562. The molecule has 0 unspecified atom stereocenters. The van der Waals surface area contributed by atoms with E-state index in [1.165, 1.54) is 6.08 Å². The van der Waals surface area contributed by atoms with Gasteiger partial charge in [0.05, 0.1) is 17.4 Å². The summed E-state index contributed by atoms with van der Waals surface area (Å²) >= 11 is 0. The Morgan fingerprint density at radius 2 is 2.05 bits per heavy atom. The van der Waals surface area contributed by atoms with Crippen LogP contribution in [0.25, 0.3) is 6.08 Å². The van der Waals surface area contributed by atoms with E-state index in [2.05, 4.69) is 11.0 Å². The first-order chi connectivity index (χ1) is 10.2. The SMILES string of the molecule is C#CCCCn1cc(C=C(F)B2OC(C)(C)C(C)(C)O2)cn1. The number of nitrogens with zero attached hydrogens (tertiary/aromatic N) is 2. The number of unbranched alkanes of at least 4 members (excludes halogenated alkanes) is 1.